The predicted octanol–water partition coefficient (Wildman–Crippen LogP) is 2.70. The van der Waals surface area contributed by atoms with E-state index in [0.717, 1.165) is 66.9 Å². The van der Waals surface area contributed by atoms with Crippen molar-refractivity contribution in [2.24, 2.45) is 0 Å². The lowest BCUT2D eigenvalue weighted by Crippen LogP contribution is -2.23. The minimum Gasteiger partial charge on any atom is -0.295 e. The molecule has 20 heavy (non-hydrogen) atoms. The molecule has 2 aliphatic rings. The molecule has 5 heteroatoms. The van der Waals surface area contributed by atoms with Crippen molar-refractivity contribution in [3.63, 3.8) is 0 Å². The fourth-order valence-corrected chi connectivity index (χ4v) is 4.50. The highest BCUT2D eigenvalue weighted by Crippen LogP contribution is 2.34. The number of fused-ring (bicyclic) bond motifs is 4. The molecule has 0 fully saturated rings. The molecule has 1 aliphatic carbocycles. The second kappa shape index (κ2) is 4.52. The number of Topliss-reactive ketones (excluding diaryl/α,β-unsaturated/α-hetero) is 1. The quantitative estimate of drug-likeness (QED) is 0.749. The zero-order chi connectivity index (χ0) is 13.7. The summed E-state index contributed by atoms with van der Waals surface area (Å²) in [5, 5.41) is 0. The Morgan fingerprint density at radius 1 is 1.00 bits per heavy atom. The van der Waals surface area contributed by atoms with Gasteiger partial charge >= 0.3 is 0 Å². The van der Waals surface area contributed by atoms with Crippen LogP contribution in [0.15, 0.2) is 4.79 Å². The molecule has 0 spiro atoms. The van der Waals surface area contributed by atoms with Crippen LogP contribution in [-0.2, 0) is 19.4 Å². The van der Waals surface area contributed by atoms with Gasteiger partial charge in [-0.25, -0.2) is 4.98 Å². The van der Waals surface area contributed by atoms with Crippen LogP contribution in [0, 0.1) is 0 Å². The lowest BCUT2D eigenvalue weighted by molar-refractivity contribution is 0.0977. The molecule has 4 rings (SSSR count). The van der Waals surface area contributed by atoms with Crippen LogP contribution in [0.2, 0.25) is 0 Å². The third-order valence-corrected chi connectivity index (χ3v) is 5.59. The molecule has 0 radical (unpaired) electrons. The number of hydrogen-bond acceptors (Lipinski definition) is 4. The van der Waals surface area contributed by atoms with Crippen LogP contribution >= 0.6 is 11.3 Å². The number of aromatic nitrogens is 2. The minimum absolute atomic E-state index is 0.0686. The molecule has 1 aliphatic heterocycles. The Bertz CT molecular complexity index is 772. The van der Waals surface area contributed by atoms with Gasteiger partial charge in [-0.05, 0) is 25.7 Å². The highest BCUT2D eigenvalue weighted by Gasteiger charge is 2.26. The number of carbonyl (C=O) groups excluding carboxylic acids is 1. The van der Waals surface area contributed by atoms with Crippen molar-refractivity contribution in [3.05, 3.63) is 26.6 Å². The van der Waals surface area contributed by atoms with Crippen LogP contribution in [0.25, 0.3) is 10.2 Å². The van der Waals surface area contributed by atoms with Crippen molar-refractivity contribution in [3.8, 4) is 0 Å². The third kappa shape index (κ3) is 1.69. The van der Waals surface area contributed by atoms with Crippen molar-refractivity contribution in [1.29, 1.82) is 0 Å². The van der Waals surface area contributed by atoms with Gasteiger partial charge in [0.15, 0.2) is 5.78 Å². The number of ketones is 1. The number of nitrogens with zero attached hydrogens (tertiary/aromatic N) is 2. The summed E-state index contributed by atoms with van der Waals surface area (Å²) >= 11 is 1.37. The summed E-state index contributed by atoms with van der Waals surface area (Å²) in [5.41, 5.74) is 1.92. The van der Waals surface area contributed by atoms with E-state index in [4.69, 9.17) is 4.98 Å². The Morgan fingerprint density at radius 2 is 1.90 bits per heavy atom. The molecule has 0 amide bonds. The molecular formula is C15H16N2O2S. The standard InChI is InChI=1S/C15H16N2O2S/c18-10-6-4-5-9-12-14(20-13(9)10)15(19)17-8-3-1-2-7-11(17)16-12/h1-8H2. The molecular weight excluding hydrogens is 272 g/mol. The van der Waals surface area contributed by atoms with Crippen LogP contribution in [0.3, 0.4) is 0 Å². The first kappa shape index (κ1) is 12.3. The zero-order valence-corrected chi connectivity index (χ0v) is 12.1. The van der Waals surface area contributed by atoms with Gasteiger partial charge in [0.2, 0.25) is 0 Å². The lowest BCUT2D eigenvalue weighted by atomic mass is 9.97. The first-order valence-corrected chi connectivity index (χ1v) is 8.15. The Hall–Kier alpha value is -1.49. The summed E-state index contributed by atoms with van der Waals surface area (Å²) in [6.07, 6.45) is 6.57. The normalized spacial score (nSPS) is 18.7. The number of thiophene rings is 1. The number of rotatable bonds is 0. The molecule has 0 saturated carbocycles. The molecule has 3 heterocycles. The fourth-order valence-electron chi connectivity index (χ4n) is 3.30. The van der Waals surface area contributed by atoms with Crippen LogP contribution in [0.5, 0.6) is 0 Å². The topological polar surface area (TPSA) is 52.0 Å². The van der Waals surface area contributed by atoms with Gasteiger partial charge in [0.05, 0.1) is 10.4 Å². The van der Waals surface area contributed by atoms with E-state index in [1.165, 1.54) is 11.3 Å². The van der Waals surface area contributed by atoms with Gasteiger partial charge in [-0.2, -0.15) is 0 Å². The Kier molecular flexibility index (Phi) is 2.77. The van der Waals surface area contributed by atoms with E-state index in [2.05, 4.69) is 0 Å². The van der Waals surface area contributed by atoms with E-state index in [-0.39, 0.29) is 11.3 Å². The van der Waals surface area contributed by atoms with Gasteiger partial charge in [0.25, 0.3) is 5.56 Å². The number of carbonyl (C=O) groups is 1. The van der Waals surface area contributed by atoms with Gasteiger partial charge in [-0.15, -0.1) is 11.3 Å². The molecule has 104 valence electrons. The average Bonchev–Trinajstić information content (AvgIpc) is 2.66. The van der Waals surface area contributed by atoms with Crippen LogP contribution in [0.4, 0.5) is 0 Å². The maximum atomic E-state index is 12.7. The average molecular weight is 288 g/mol. The summed E-state index contributed by atoms with van der Waals surface area (Å²) in [6.45, 7) is 0.771. The third-order valence-electron chi connectivity index (χ3n) is 4.34. The summed E-state index contributed by atoms with van der Waals surface area (Å²) in [5.74, 6) is 1.10. The summed E-state index contributed by atoms with van der Waals surface area (Å²) in [6, 6.07) is 0. The van der Waals surface area contributed by atoms with E-state index in [1.54, 1.807) is 0 Å². The molecule has 0 aromatic carbocycles. The Morgan fingerprint density at radius 3 is 2.80 bits per heavy atom. The van der Waals surface area contributed by atoms with Gasteiger partial charge in [-0.1, -0.05) is 6.42 Å². The second-order valence-corrected chi connectivity index (χ2v) is 6.68. The minimum atomic E-state index is 0.0686. The van der Waals surface area contributed by atoms with E-state index >= 15 is 0 Å². The van der Waals surface area contributed by atoms with Gasteiger partial charge in [0.1, 0.15) is 10.5 Å². The van der Waals surface area contributed by atoms with Crippen molar-refractivity contribution >= 4 is 27.3 Å². The highest BCUT2D eigenvalue weighted by atomic mass is 32.1. The van der Waals surface area contributed by atoms with Crippen LogP contribution in [0.1, 0.15) is 53.2 Å². The molecule has 0 N–H and O–H groups in total. The molecule has 4 nitrogen and oxygen atoms in total. The van der Waals surface area contributed by atoms with Crippen LogP contribution in [-0.4, -0.2) is 15.3 Å². The van der Waals surface area contributed by atoms with Crippen molar-refractivity contribution < 1.29 is 4.79 Å². The number of hydrogen-bond donors (Lipinski definition) is 0. The van der Waals surface area contributed by atoms with E-state index in [1.807, 2.05) is 4.57 Å². The first-order chi connectivity index (χ1) is 9.75. The molecule has 0 unspecified atom stereocenters. The monoisotopic (exact) mass is 288 g/mol. The smallest absolute Gasteiger partial charge is 0.271 e. The summed E-state index contributed by atoms with van der Waals surface area (Å²) < 4.78 is 2.53. The van der Waals surface area contributed by atoms with E-state index in [0.29, 0.717) is 11.1 Å². The molecule has 0 atom stereocenters. The molecule has 0 saturated heterocycles. The van der Waals surface area contributed by atoms with Gasteiger partial charge < -0.3 is 0 Å². The van der Waals surface area contributed by atoms with E-state index < -0.39 is 0 Å². The highest BCUT2D eigenvalue weighted by molar-refractivity contribution is 7.21. The van der Waals surface area contributed by atoms with E-state index in [9.17, 15) is 9.59 Å². The van der Waals surface area contributed by atoms with Crippen LogP contribution < -0.4 is 5.56 Å². The van der Waals surface area contributed by atoms with Crippen molar-refractivity contribution in [1.82, 2.24) is 9.55 Å². The van der Waals surface area contributed by atoms with Gasteiger partial charge in [0, 0.05) is 24.9 Å². The Balaban J connectivity index is 2.04. The second-order valence-electron chi connectivity index (χ2n) is 5.66. The molecule has 2 aromatic heterocycles. The van der Waals surface area contributed by atoms with Gasteiger partial charge in [-0.3, -0.25) is 14.2 Å². The summed E-state index contributed by atoms with van der Waals surface area (Å²) in [7, 11) is 0. The number of aryl methyl sites for hydroxylation is 2. The summed E-state index contributed by atoms with van der Waals surface area (Å²) in [4.78, 5) is 30.2. The predicted molar refractivity (Wildman–Crippen MR) is 78.7 cm³/mol. The molecule has 0 bridgehead atoms. The largest absolute Gasteiger partial charge is 0.295 e. The SMILES string of the molecule is O=C1CCCc2c1sc1c(=O)n3c(nc21)CCCCC3. The first-order valence-electron chi connectivity index (χ1n) is 7.34. The maximum Gasteiger partial charge on any atom is 0.271 e. The maximum absolute atomic E-state index is 12.7. The lowest BCUT2D eigenvalue weighted by Gasteiger charge is -2.10. The Labute approximate surface area is 120 Å². The zero-order valence-electron chi connectivity index (χ0n) is 11.3. The van der Waals surface area contributed by atoms with Crippen molar-refractivity contribution in [2.45, 2.75) is 51.5 Å². The fraction of sp³-hybridized carbons (Fsp3) is 0.533. The molecule has 2 aromatic rings. The van der Waals surface area contributed by atoms with Crippen molar-refractivity contribution in [2.75, 3.05) is 0 Å².